The van der Waals surface area contributed by atoms with Crippen molar-refractivity contribution in [3.05, 3.63) is 59.9 Å². The summed E-state index contributed by atoms with van der Waals surface area (Å²) in [6.07, 6.45) is 3.01. The third-order valence-corrected chi connectivity index (χ3v) is 4.88. The lowest BCUT2D eigenvalue weighted by atomic mass is 9.87. The minimum Gasteiger partial charge on any atom is -0.497 e. The molecule has 6 heteroatoms. The summed E-state index contributed by atoms with van der Waals surface area (Å²) in [5, 5.41) is 9.21. The van der Waals surface area contributed by atoms with Crippen molar-refractivity contribution < 1.29 is 13.9 Å². The van der Waals surface area contributed by atoms with Crippen LogP contribution in [0.2, 0.25) is 0 Å². The maximum atomic E-state index is 13.0. The first-order valence-corrected chi connectivity index (χ1v) is 9.29. The quantitative estimate of drug-likeness (QED) is 0.727. The molecule has 27 heavy (non-hydrogen) atoms. The lowest BCUT2D eigenvalue weighted by Gasteiger charge is -2.30. The number of anilines is 1. The smallest absolute Gasteiger partial charge is 0.319 e. The summed E-state index contributed by atoms with van der Waals surface area (Å²) in [6.45, 7) is 1.49. The van der Waals surface area contributed by atoms with E-state index in [1.165, 1.54) is 12.1 Å². The first-order valence-electron chi connectivity index (χ1n) is 9.29. The van der Waals surface area contributed by atoms with E-state index in [1.807, 2.05) is 30.3 Å². The Bertz CT molecular complexity index is 751. The Kier molecular flexibility index (Phi) is 6.65. The molecule has 2 aromatic rings. The fourth-order valence-electron chi connectivity index (χ4n) is 3.48. The van der Waals surface area contributed by atoms with E-state index in [0.29, 0.717) is 23.9 Å². The summed E-state index contributed by atoms with van der Waals surface area (Å²) in [6, 6.07) is 14.0. The molecule has 3 rings (SSSR count). The van der Waals surface area contributed by atoms with Crippen LogP contribution in [-0.4, -0.2) is 32.3 Å². The summed E-state index contributed by atoms with van der Waals surface area (Å²) < 4.78 is 18.2. The number of carbonyl (C=O) groups excluding carboxylic acids is 1. The molecule has 1 aliphatic heterocycles. The Morgan fingerprint density at radius 3 is 2.85 bits per heavy atom. The van der Waals surface area contributed by atoms with Crippen LogP contribution in [-0.2, 0) is 6.42 Å². The average molecular weight is 371 g/mol. The molecule has 0 spiro atoms. The van der Waals surface area contributed by atoms with Crippen molar-refractivity contribution in [3.63, 3.8) is 0 Å². The molecule has 1 fully saturated rings. The number of hydrogen-bond acceptors (Lipinski definition) is 3. The summed E-state index contributed by atoms with van der Waals surface area (Å²) in [5.74, 6) is 1.03. The largest absolute Gasteiger partial charge is 0.497 e. The number of amides is 2. The molecular weight excluding hydrogens is 345 g/mol. The van der Waals surface area contributed by atoms with Gasteiger partial charge in [-0.3, -0.25) is 0 Å². The van der Waals surface area contributed by atoms with Gasteiger partial charge in [-0.15, -0.1) is 0 Å². The number of benzene rings is 2. The van der Waals surface area contributed by atoms with Gasteiger partial charge in [0, 0.05) is 24.3 Å². The van der Waals surface area contributed by atoms with E-state index in [9.17, 15) is 9.18 Å². The Balaban J connectivity index is 1.44. The van der Waals surface area contributed by atoms with Crippen LogP contribution in [0.4, 0.5) is 14.9 Å². The summed E-state index contributed by atoms with van der Waals surface area (Å²) in [5.41, 5.74) is 1.85. The van der Waals surface area contributed by atoms with Crippen LogP contribution in [0.1, 0.15) is 18.4 Å². The Hall–Kier alpha value is -2.60. The van der Waals surface area contributed by atoms with Gasteiger partial charge in [0.2, 0.25) is 0 Å². The highest BCUT2D eigenvalue weighted by atomic mass is 19.1. The predicted octanol–water partition coefficient (Wildman–Crippen LogP) is 3.57. The Morgan fingerprint density at radius 1 is 1.26 bits per heavy atom. The van der Waals surface area contributed by atoms with Crippen LogP contribution in [0.15, 0.2) is 48.5 Å². The van der Waals surface area contributed by atoms with Crippen LogP contribution in [0, 0.1) is 11.7 Å². The molecule has 2 amide bonds. The highest BCUT2D eigenvalue weighted by Gasteiger charge is 2.22. The van der Waals surface area contributed by atoms with Gasteiger partial charge in [0.1, 0.15) is 11.6 Å². The van der Waals surface area contributed by atoms with Crippen molar-refractivity contribution in [2.75, 3.05) is 25.5 Å². The molecular formula is C21H26FN3O2. The first-order chi connectivity index (χ1) is 13.1. The second-order valence-electron chi connectivity index (χ2n) is 6.94. The topological polar surface area (TPSA) is 62.4 Å². The Morgan fingerprint density at radius 2 is 2.07 bits per heavy atom. The average Bonchev–Trinajstić information content (AvgIpc) is 2.69. The molecule has 0 aromatic heterocycles. The van der Waals surface area contributed by atoms with Crippen molar-refractivity contribution >= 4 is 11.7 Å². The zero-order valence-corrected chi connectivity index (χ0v) is 15.5. The molecule has 3 N–H and O–H groups in total. The maximum Gasteiger partial charge on any atom is 0.319 e. The first kappa shape index (κ1) is 19.2. The van der Waals surface area contributed by atoms with Crippen molar-refractivity contribution in [1.82, 2.24) is 10.6 Å². The van der Waals surface area contributed by atoms with Gasteiger partial charge in [0.15, 0.2) is 0 Å². The van der Waals surface area contributed by atoms with Gasteiger partial charge in [0.25, 0.3) is 0 Å². The number of halogens is 1. The van der Waals surface area contributed by atoms with Gasteiger partial charge >= 0.3 is 6.03 Å². The van der Waals surface area contributed by atoms with Gasteiger partial charge < -0.3 is 20.7 Å². The SMILES string of the molecule is COc1cccc(NC(=O)NC[C@@H]2C[C@H](Cc3ccc(F)cc3)CCN2)c1. The van der Waals surface area contributed by atoms with E-state index in [1.54, 1.807) is 13.2 Å². The molecule has 0 saturated carbocycles. The number of nitrogens with one attached hydrogen (secondary N) is 3. The number of piperidine rings is 1. The molecule has 2 aromatic carbocycles. The molecule has 2 atom stereocenters. The highest BCUT2D eigenvalue weighted by molar-refractivity contribution is 5.89. The third-order valence-electron chi connectivity index (χ3n) is 4.88. The van der Waals surface area contributed by atoms with E-state index in [0.717, 1.165) is 31.4 Å². The fourth-order valence-corrected chi connectivity index (χ4v) is 3.48. The predicted molar refractivity (Wildman–Crippen MR) is 105 cm³/mol. The second-order valence-corrected chi connectivity index (χ2v) is 6.94. The number of urea groups is 1. The van der Waals surface area contributed by atoms with Crippen LogP contribution in [0.3, 0.4) is 0 Å². The minimum absolute atomic E-state index is 0.201. The van der Waals surface area contributed by atoms with Crippen LogP contribution >= 0.6 is 0 Å². The minimum atomic E-state index is -0.231. The van der Waals surface area contributed by atoms with Gasteiger partial charge in [0.05, 0.1) is 7.11 Å². The lowest BCUT2D eigenvalue weighted by Crippen LogP contribution is -2.47. The van der Waals surface area contributed by atoms with Crippen molar-refractivity contribution in [2.45, 2.75) is 25.3 Å². The molecule has 1 saturated heterocycles. The van der Waals surface area contributed by atoms with E-state index < -0.39 is 0 Å². The number of methoxy groups -OCH3 is 1. The summed E-state index contributed by atoms with van der Waals surface area (Å²) >= 11 is 0. The van der Waals surface area contributed by atoms with E-state index in [4.69, 9.17) is 4.74 Å². The molecule has 0 aliphatic carbocycles. The number of rotatable bonds is 6. The van der Waals surface area contributed by atoms with E-state index >= 15 is 0 Å². The normalized spacial score (nSPS) is 19.3. The van der Waals surface area contributed by atoms with Crippen LogP contribution in [0.25, 0.3) is 0 Å². The van der Waals surface area contributed by atoms with Crippen molar-refractivity contribution in [3.8, 4) is 5.75 Å². The number of ether oxygens (including phenoxy) is 1. The number of carbonyl (C=O) groups is 1. The van der Waals surface area contributed by atoms with E-state index in [-0.39, 0.29) is 17.9 Å². The second kappa shape index (κ2) is 9.37. The summed E-state index contributed by atoms with van der Waals surface area (Å²) in [7, 11) is 1.59. The van der Waals surface area contributed by atoms with Crippen molar-refractivity contribution in [1.29, 1.82) is 0 Å². The van der Waals surface area contributed by atoms with Gasteiger partial charge in [-0.2, -0.15) is 0 Å². The van der Waals surface area contributed by atoms with E-state index in [2.05, 4.69) is 16.0 Å². The molecule has 1 aliphatic rings. The van der Waals surface area contributed by atoms with Gasteiger partial charge in [-0.05, 0) is 61.6 Å². The summed E-state index contributed by atoms with van der Waals surface area (Å²) in [4.78, 5) is 12.1. The molecule has 144 valence electrons. The molecule has 0 unspecified atom stereocenters. The van der Waals surface area contributed by atoms with Crippen LogP contribution < -0.4 is 20.7 Å². The fraction of sp³-hybridized carbons (Fsp3) is 0.381. The molecule has 5 nitrogen and oxygen atoms in total. The Labute approximate surface area is 159 Å². The van der Waals surface area contributed by atoms with Gasteiger partial charge in [-0.25, -0.2) is 9.18 Å². The number of hydrogen-bond donors (Lipinski definition) is 3. The lowest BCUT2D eigenvalue weighted by molar-refractivity contribution is 0.246. The van der Waals surface area contributed by atoms with Crippen molar-refractivity contribution in [2.24, 2.45) is 5.92 Å². The zero-order chi connectivity index (χ0) is 19.1. The van der Waals surface area contributed by atoms with Gasteiger partial charge in [-0.1, -0.05) is 18.2 Å². The molecule has 0 radical (unpaired) electrons. The standard InChI is InChI=1S/C21H26FN3O2/c1-27-20-4-2-3-18(13-20)25-21(26)24-14-19-12-16(9-10-23-19)11-15-5-7-17(22)8-6-15/h2-8,13,16,19,23H,9-12,14H2,1H3,(H2,24,25,26)/t16-,19-/m0/s1. The maximum absolute atomic E-state index is 13.0. The monoisotopic (exact) mass is 371 g/mol. The third kappa shape index (κ3) is 5.96. The molecule has 1 heterocycles. The molecule has 0 bridgehead atoms. The zero-order valence-electron chi connectivity index (χ0n) is 15.5. The highest BCUT2D eigenvalue weighted by Crippen LogP contribution is 2.21. The van der Waals surface area contributed by atoms with Crippen LogP contribution in [0.5, 0.6) is 5.75 Å².